The van der Waals surface area contributed by atoms with Crippen LogP contribution in [-0.2, 0) is 5.41 Å². The van der Waals surface area contributed by atoms with Crippen molar-refractivity contribution in [3.8, 4) is 0 Å². The maximum atomic E-state index is 2.39. The molecule has 0 bridgehead atoms. The van der Waals surface area contributed by atoms with Crippen molar-refractivity contribution >= 4 is 10.8 Å². The molecule has 2 aromatic rings. The number of hydrogen-bond donors (Lipinski definition) is 0. The quantitative estimate of drug-likeness (QED) is 0.643. The molecular formula is C15H16. The molecule has 0 radical (unpaired) electrons. The summed E-state index contributed by atoms with van der Waals surface area (Å²) in [5.74, 6) is 0.836. The molecule has 0 nitrogen and oxygen atoms in total. The molecule has 2 aromatic carbocycles. The van der Waals surface area contributed by atoms with Crippen LogP contribution in [0.1, 0.15) is 25.8 Å². The van der Waals surface area contributed by atoms with Gasteiger partial charge in [-0.1, -0.05) is 56.3 Å². The zero-order chi connectivity index (χ0) is 10.5. The summed E-state index contributed by atoms with van der Waals surface area (Å²) in [5, 5.41) is 2.81. The number of rotatable bonds is 1. The van der Waals surface area contributed by atoms with E-state index in [0.29, 0.717) is 5.41 Å². The van der Waals surface area contributed by atoms with Crippen LogP contribution in [0.4, 0.5) is 0 Å². The first kappa shape index (κ1) is 8.96. The van der Waals surface area contributed by atoms with Crippen molar-refractivity contribution in [3.05, 3.63) is 48.0 Å². The lowest BCUT2D eigenvalue weighted by Crippen LogP contribution is -2.03. The maximum absolute atomic E-state index is 2.39. The molecule has 1 saturated carbocycles. The van der Waals surface area contributed by atoms with Crippen LogP contribution in [0, 0.1) is 5.92 Å². The van der Waals surface area contributed by atoms with Gasteiger partial charge in [-0.05, 0) is 34.1 Å². The molecular weight excluding hydrogens is 180 g/mol. The molecule has 15 heavy (non-hydrogen) atoms. The van der Waals surface area contributed by atoms with Crippen molar-refractivity contribution in [1.29, 1.82) is 0 Å². The number of hydrogen-bond acceptors (Lipinski definition) is 0. The van der Waals surface area contributed by atoms with Crippen molar-refractivity contribution in [2.45, 2.75) is 25.7 Å². The van der Waals surface area contributed by atoms with Crippen molar-refractivity contribution in [1.82, 2.24) is 0 Å². The fraction of sp³-hybridized carbons (Fsp3) is 0.333. The highest BCUT2D eigenvalue weighted by molar-refractivity contribution is 5.87. The Morgan fingerprint density at radius 2 is 1.73 bits per heavy atom. The lowest BCUT2D eigenvalue weighted by molar-refractivity contribution is 0.708. The summed E-state index contributed by atoms with van der Waals surface area (Å²) >= 11 is 0. The lowest BCUT2D eigenvalue weighted by atomic mass is 9.91. The summed E-state index contributed by atoms with van der Waals surface area (Å²) in [6, 6.07) is 15.4. The predicted molar refractivity (Wildman–Crippen MR) is 65.1 cm³/mol. The summed E-state index contributed by atoms with van der Waals surface area (Å²) in [6.45, 7) is 4.74. The predicted octanol–water partition coefficient (Wildman–Crippen LogP) is 4.14. The summed E-state index contributed by atoms with van der Waals surface area (Å²) in [5.41, 5.74) is 1.97. The summed E-state index contributed by atoms with van der Waals surface area (Å²) in [4.78, 5) is 0. The molecule has 0 heteroatoms. The molecule has 0 heterocycles. The van der Waals surface area contributed by atoms with Gasteiger partial charge in [0, 0.05) is 0 Å². The maximum Gasteiger partial charge on any atom is -0.00403 e. The fourth-order valence-corrected chi connectivity index (χ4v) is 2.68. The monoisotopic (exact) mass is 196 g/mol. The van der Waals surface area contributed by atoms with Gasteiger partial charge in [0.1, 0.15) is 0 Å². The highest BCUT2D eigenvalue weighted by atomic mass is 14.5. The van der Waals surface area contributed by atoms with E-state index < -0.39 is 0 Å². The van der Waals surface area contributed by atoms with Gasteiger partial charge in [-0.25, -0.2) is 0 Å². The van der Waals surface area contributed by atoms with Gasteiger partial charge in [0.05, 0.1) is 0 Å². The van der Waals surface area contributed by atoms with Gasteiger partial charge in [0.25, 0.3) is 0 Å². The van der Waals surface area contributed by atoms with E-state index in [-0.39, 0.29) is 0 Å². The van der Waals surface area contributed by atoms with E-state index in [1.54, 1.807) is 0 Å². The molecule has 1 fully saturated rings. The number of fused-ring (bicyclic) bond motifs is 1. The van der Waals surface area contributed by atoms with Crippen molar-refractivity contribution in [3.63, 3.8) is 0 Å². The lowest BCUT2D eigenvalue weighted by Gasteiger charge is -2.13. The second-order valence-corrected chi connectivity index (χ2v) is 5.05. The van der Waals surface area contributed by atoms with E-state index in [0.717, 1.165) is 5.92 Å². The first-order valence-electron chi connectivity index (χ1n) is 5.70. The normalized spacial score (nSPS) is 29.3. The molecule has 0 amide bonds. The van der Waals surface area contributed by atoms with Gasteiger partial charge < -0.3 is 0 Å². The van der Waals surface area contributed by atoms with Gasteiger partial charge >= 0.3 is 0 Å². The summed E-state index contributed by atoms with van der Waals surface area (Å²) < 4.78 is 0. The van der Waals surface area contributed by atoms with E-state index >= 15 is 0 Å². The Morgan fingerprint density at radius 1 is 1.07 bits per heavy atom. The van der Waals surface area contributed by atoms with Crippen LogP contribution in [0.3, 0.4) is 0 Å². The van der Waals surface area contributed by atoms with Gasteiger partial charge in [-0.3, -0.25) is 0 Å². The van der Waals surface area contributed by atoms with Gasteiger partial charge in [-0.15, -0.1) is 0 Å². The molecule has 2 atom stereocenters. The minimum atomic E-state index is 0.431. The van der Waals surface area contributed by atoms with E-state index in [9.17, 15) is 0 Å². The third kappa shape index (κ3) is 1.21. The summed E-state index contributed by atoms with van der Waals surface area (Å²) in [6.07, 6.45) is 1.33. The van der Waals surface area contributed by atoms with E-state index in [4.69, 9.17) is 0 Å². The topological polar surface area (TPSA) is 0 Å². The second kappa shape index (κ2) is 2.85. The van der Waals surface area contributed by atoms with Crippen LogP contribution in [-0.4, -0.2) is 0 Å². The van der Waals surface area contributed by atoms with Crippen molar-refractivity contribution < 1.29 is 0 Å². The van der Waals surface area contributed by atoms with Crippen LogP contribution in [0.15, 0.2) is 42.5 Å². The van der Waals surface area contributed by atoms with Crippen molar-refractivity contribution in [2.75, 3.05) is 0 Å². The highest BCUT2D eigenvalue weighted by Gasteiger charge is 2.48. The molecule has 1 aliphatic rings. The van der Waals surface area contributed by atoms with Gasteiger partial charge in [-0.2, -0.15) is 0 Å². The average Bonchev–Trinajstić information content (AvgIpc) is 2.87. The Morgan fingerprint density at radius 3 is 2.47 bits per heavy atom. The largest absolute Gasteiger partial charge is 0.0616 e. The first-order chi connectivity index (χ1) is 7.22. The Hall–Kier alpha value is -1.30. The molecule has 0 aliphatic heterocycles. The molecule has 1 aliphatic carbocycles. The third-order valence-electron chi connectivity index (χ3n) is 4.06. The number of benzene rings is 2. The minimum absolute atomic E-state index is 0.431. The van der Waals surface area contributed by atoms with E-state index in [2.05, 4.69) is 56.3 Å². The van der Waals surface area contributed by atoms with E-state index in [1.807, 2.05) is 0 Å². The zero-order valence-electron chi connectivity index (χ0n) is 9.33. The van der Waals surface area contributed by atoms with Crippen molar-refractivity contribution in [2.24, 2.45) is 5.92 Å². The molecule has 0 spiro atoms. The van der Waals surface area contributed by atoms with Gasteiger partial charge in [0.15, 0.2) is 0 Å². The smallest absolute Gasteiger partial charge is 0.00403 e. The van der Waals surface area contributed by atoms with Crippen LogP contribution in [0.5, 0.6) is 0 Å². The highest BCUT2D eigenvalue weighted by Crippen LogP contribution is 2.55. The first-order valence-corrected chi connectivity index (χ1v) is 5.70. The molecule has 76 valence electrons. The zero-order valence-corrected chi connectivity index (χ0v) is 9.33. The van der Waals surface area contributed by atoms with Crippen LogP contribution in [0.2, 0.25) is 0 Å². The Labute approximate surface area is 90.9 Å². The second-order valence-electron chi connectivity index (χ2n) is 5.05. The third-order valence-corrected chi connectivity index (χ3v) is 4.06. The SMILES string of the molecule is CC1CC1(C)c1cccc2ccccc12. The van der Waals surface area contributed by atoms with Crippen LogP contribution in [0.25, 0.3) is 10.8 Å². The average molecular weight is 196 g/mol. The Kier molecular flexibility index (Phi) is 1.70. The summed E-state index contributed by atoms with van der Waals surface area (Å²) in [7, 11) is 0. The van der Waals surface area contributed by atoms with Crippen LogP contribution < -0.4 is 0 Å². The standard InChI is InChI=1S/C15H16/c1-11-10-15(11,2)14-9-5-7-12-6-3-4-8-13(12)14/h3-9,11H,10H2,1-2H3. The fourth-order valence-electron chi connectivity index (χ4n) is 2.68. The minimum Gasteiger partial charge on any atom is -0.0616 e. The molecule has 0 aromatic heterocycles. The van der Waals surface area contributed by atoms with E-state index in [1.165, 1.54) is 22.8 Å². The van der Waals surface area contributed by atoms with Crippen LogP contribution >= 0.6 is 0 Å². The Balaban J connectivity index is 2.27. The molecule has 0 saturated heterocycles. The molecule has 0 N–H and O–H groups in total. The van der Waals surface area contributed by atoms with Gasteiger partial charge in [0.2, 0.25) is 0 Å². The Bertz CT molecular complexity index is 507. The molecule has 2 unspecified atom stereocenters. The molecule has 3 rings (SSSR count).